The number of aliphatic imine (C=N–C) groups is 1. The van der Waals surface area contributed by atoms with E-state index in [0.29, 0.717) is 32.0 Å². The van der Waals surface area contributed by atoms with E-state index in [9.17, 15) is 4.79 Å². The Labute approximate surface area is 136 Å². The lowest BCUT2D eigenvalue weighted by Crippen LogP contribution is -2.55. The fourth-order valence-electron chi connectivity index (χ4n) is 2.75. The van der Waals surface area contributed by atoms with Gasteiger partial charge in [-0.15, -0.1) is 0 Å². The molecule has 2 fully saturated rings. The number of piperidine rings is 1. The number of hydrogen-bond acceptors (Lipinski definition) is 3. The normalized spacial score (nSPS) is 20.0. The van der Waals surface area contributed by atoms with Gasteiger partial charge in [0.2, 0.25) is 0 Å². The molecule has 2 aliphatic heterocycles. The average Bonchev–Trinajstić information content (AvgIpc) is 2.54. The summed E-state index contributed by atoms with van der Waals surface area (Å²) in [6.07, 6.45) is 3.41. The second-order valence-corrected chi connectivity index (χ2v) is 6.10. The van der Waals surface area contributed by atoms with Gasteiger partial charge in [0.25, 0.3) is 0 Å². The number of hydrogen-bond donors (Lipinski definition) is 2. The predicted molar refractivity (Wildman–Crippen MR) is 91.6 cm³/mol. The highest BCUT2D eigenvalue weighted by atomic mass is 32.1. The number of piperazine rings is 1. The lowest BCUT2D eigenvalue weighted by atomic mass is 10.1. The SMILES string of the molecule is CC(N)=NC(=S)C(=N)N1CCN(C(=O)N2CCCCC2)CC1. The third kappa shape index (κ3) is 4.16. The second-order valence-electron chi connectivity index (χ2n) is 5.71. The molecule has 8 heteroatoms. The van der Waals surface area contributed by atoms with Crippen LogP contribution in [-0.4, -0.2) is 76.7 Å². The molecule has 2 rings (SSSR count). The predicted octanol–water partition coefficient (Wildman–Crippen LogP) is 0.892. The zero-order valence-electron chi connectivity index (χ0n) is 13.0. The number of likely N-dealkylation sites (tertiary alicyclic amines) is 1. The van der Waals surface area contributed by atoms with Gasteiger partial charge in [-0.05, 0) is 26.2 Å². The molecule has 0 unspecified atom stereocenters. The van der Waals surface area contributed by atoms with E-state index in [1.807, 2.05) is 14.7 Å². The van der Waals surface area contributed by atoms with Crippen LogP contribution in [0.1, 0.15) is 26.2 Å². The molecule has 22 heavy (non-hydrogen) atoms. The first kappa shape index (κ1) is 16.7. The Morgan fingerprint density at radius 1 is 1.00 bits per heavy atom. The Balaban J connectivity index is 1.84. The van der Waals surface area contributed by atoms with Crippen LogP contribution in [0.2, 0.25) is 0 Å². The number of carbonyl (C=O) groups excluding carboxylic acids is 1. The highest BCUT2D eigenvalue weighted by molar-refractivity contribution is 7.82. The molecule has 0 spiro atoms. The van der Waals surface area contributed by atoms with E-state index < -0.39 is 0 Å². The van der Waals surface area contributed by atoms with Crippen LogP contribution in [0.5, 0.6) is 0 Å². The molecule has 0 saturated carbocycles. The van der Waals surface area contributed by atoms with E-state index in [0.717, 1.165) is 25.9 Å². The molecule has 2 saturated heterocycles. The monoisotopic (exact) mass is 324 g/mol. The molecule has 0 atom stereocenters. The van der Waals surface area contributed by atoms with E-state index in [1.54, 1.807) is 6.92 Å². The van der Waals surface area contributed by atoms with Gasteiger partial charge in [-0.1, -0.05) is 12.2 Å². The first-order chi connectivity index (χ1) is 10.5. The summed E-state index contributed by atoms with van der Waals surface area (Å²) in [5.41, 5.74) is 5.49. The van der Waals surface area contributed by atoms with Crippen molar-refractivity contribution in [3.63, 3.8) is 0 Å². The maximum atomic E-state index is 12.4. The summed E-state index contributed by atoms with van der Waals surface area (Å²) >= 11 is 5.09. The Hall–Kier alpha value is -1.70. The molecule has 0 aliphatic carbocycles. The van der Waals surface area contributed by atoms with Crippen molar-refractivity contribution < 1.29 is 4.79 Å². The van der Waals surface area contributed by atoms with Crippen molar-refractivity contribution in [2.24, 2.45) is 10.7 Å². The highest BCUT2D eigenvalue weighted by Gasteiger charge is 2.27. The molecular formula is C14H24N6OS. The number of amidine groups is 2. The lowest BCUT2D eigenvalue weighted by molar-refractivity contribution is 0.125. The first-order valence-electron chi connectivity index (χ1n) is 7.71. The van der Waals surface area contributed by atoms with Crippen LogP contribution in [0.3, 0.4) is 0 Å². The number of thiocarbonyl (C=S) groups is 1. The summed E-state index contributed by atoms with van der Waals surface area (Å²) in [7, 11) is 0. The van der Waals surface area contributed by atoms with Crippen molar-refractivity contribution in [2.45, 2.75) is 26.2 Å². The standard InChI is InChI=1S/C14H24N6OS/c1-11(15)17-13(22)12(16)18-7-9-20(10-8-18)14(21)19-5-3-2-4-6-19/h16H,2-10H2,1H3,(H2,15,17,22). The highest BCUT2D eigenvalue weighted by Crippen LogP contribution is 2.13. The van der Waals surface area contributed by atoms with Crippen LogP contribution in [-0.2, 0) is 0 Å². The van der Waals surface area contributed by atoms with Crippen LogP contribution in [0, 0.1) is 5.41 Å². The van der Waals surface area contributed by atoms with Crippen LogP contribution >= 0.6 is 12.2 Å². The second kappa shape index (κ2) is 7.53. The van der Waals surface area contributed by atoms with Crippen molar-refractivity contribution in [1.82, 2.24) is 14.7 Å². The minimum Gasteiger partial charge on any atom is -0.387 e. The van der Waals surface area contributed by atoms with Gasteiger partial charge in [0, 0.05) is 39.3 Å². The molecule has 122 valence electrons. The van der Waals surface area contributed by atoms with Crippen LogP contribution in [0.25, 0.3) is 0 Å². The maximum Gasteiger partial charge on any atom is 0.320 e. The van der Waals surface area contributed by atoms with Gasteiger partial charge in [0.15, 0.2) is 10.8 Å². The molecule has 0 aromatic carbocycles. The molecule has 7 nitrogen and oxygen atoms in total. The van der Waals surface area contributed by atoms with E-state index >= 15 is 0 Å². The van der Waals surface area contributed by atoms with Crippen LogP contribution in [0.15, 0.2) is 4.99 Å². The number of nitrogens with one attached hydrogen (secondary N) is 1. The van der Waals surface area contributed by atoms with Gasteiger partial charge in [-0.2, -0.15) is 0 Å². The van der Waals surface area contributed by atoms with Crippen molar-refractivity contribution in [3.8, 4) is 0 Å². The van der Waals surface area contributed by atoms with Gasteiger partial charge in [0.1, 0.15) is 0 Å². The summed E-state index contributed by atoms with van der Waals surface area (Å²) in [5.74, 6) is 0.568. The number of rotatable bonds is 0. The molecule has 3 N–H and O–H groups in total. The van der Waals surface area contributed by atoms with Gasteiger partial charge >= 0.3 is 6.03 Å². The van der Waals surface area contributed by atoms with E-state index in [1.165, 1.54) is 6.42 Å². The minimum absolute atomic E-state index is 0.129. The third-order valence-corrected chi connectivity index (χ3v) is 4.26. The number of nitrogens with zero attached hydrogens (tertiary/aromatic N) is 4. The topological polar surface area (TPSA) is 89.0 Å². The van der Waals surface area contributed by atoms with Crippen molar-refractivity contribution in [2.75, 3.05) is 39.3 Å². The Kier molecular flexibility index (Phi) is 5.70. The number of carbonyl (C=O) groups is 1. The van der Waals surface area contributed by atoms with E-state index in [4.69, 9.17) is 23.4 Å². The summed E-state index contributed by atoms with van der Waals surface area (Å²) in [5, 5.41) is 8.06. The Bertz CT molecular complexity index is 474. The molecule has 2 aliphatic rings. The average molecular weight is 324 g/mol. The Morgan fingerprint density at radius 2 is 1.50 bits per heavy atom. The summed E-state index contributed by atoms with van der Waals surface area (Å²) < 4.78 is 0. The quantitative estimate of drug-likeness (QED) is 0.393. The van der Waals surface area contributed by atoms with Gasteiger partial charge < -0.3 is 20.4 Å². The van der Waals surface area contributed by atoms with Crippen molar-refractivity contribution in [3.05, 3.63) is 0 Å². The van der Waals surface area contributed by atoms with E-state index in [2.05, 4.69) is 4.99 Å². The minimum atomic E-state index is 0.129. The van der Waals surface area contributed by atoms with Crippen LogP contribution < -0.4 is 5.73 Å². The zero-order valence-corrected chi connectivity index (χ0v) is 13.9. The smallest absolute Gasteiger partial charge is 0.320 e. The number of urea groups is 1. The molecule has 2 heterocycles. The summed E-state index contributed by atoms with van der Waals surface area (Å²) in [4.78, 5) is 22.2. The largest absolute Gasteiger partial charge is 0.387 e. The summed E-state index contributed by atoms with van der Waals surface area (Å²) in [6, 6.07) is 0.129. The lowest BCUT2D eigenvalue weighted by Gasteiger charge is -2.39. The molecular weight excluding hydrogens is 300 g/mol. The van der Waals surface area contributed by atoms with Gasteiger partial charge in [-0.25, -0.2) is 9.79 Å². The van der Waals surface area contributed by atoms with Crippen LogP contribution in [0.4, 0.5) is 4.79 Å². The van der Waals surface area contributed by atoms with E-state index in [-0.39, 0.29) is 16.9 Å². The molecule has 2 amide bonds. The third-order valence-electron chi connectivity index (χ3n) is 3.97. The van der Waals surface area contributed by atoms with Gasteiger partial charge in [0.05, 0.1) is 5.84 Å². The molecule has 0 radical (unpaired) electrons. The maximum absolute atomic E-state index is 12.4. The van der Waals surface area contributed by atoms with Gasteiger partial charge in [-0.3, -0.25) is 5.41 Å². The Morgan fingerprint density at radius 3 is 2.05 bits per heavy atom. The molecule has 0 aromatic rings. The fraction of sp³-hybridized carbons (Fsp3) is 0.714. The fourth-order valence-corrected chi connectivity index (χ4v) is 3.03. The number of nitrogens with two attached hydrogens (primary N) is 1. The zero-order chi connectivity index (χ0) is 16.1. The molecule has 0 aromatic heterocycles. The number of amides is 2. The van der Waals surface area contributed by atoms with Crippen molar-refractivity contribution >= 4 is 34.9 Å². The van der Waals surface area contributed by atoms with Crippen molar-refractivity contribution in [1.29, 1.82) is 5.41 Å². The summed E-state index contributed by atoms with van der Waals surface area (Å²) in [6.45, 7) is 5.83. The first-order valence-corrected chi connectivity index (χ1v) is 8.12. The molecule has 0 bridgehead atoms.